The number of unbranched alkanes of at least 4 members (excludes halogenated alkanes) is 1. The predicted molar refractivity (Wildman–Crippen MR) is 256 cm³/mol. The Balaban J connectivity index is 0.929. The van der Waals surface area contributed by atoms with Crippen molar-refractivity contribution >= 4 is 75.6 Å². The third-order valence-electron chi connectivity index (χ3n) is 13.0. The lowest BCUT2D eigenvalue weighted by Gasteiger charge is -2.33. The lowest BCUT2D eigenvalue weighted by atomic mass is 9.95. The van der Waals surface area contributed by atoms with Gasteiger partial charge in [0.2, 0.25) is 11.8 Å². The Bertz CT molecular complexity index is 2810. The number of fused-ring (bicyclic) bond motifs is 2. The van der Waals surface area contributed by atoms with Crippen molar-refractivity contribution in [2.45, 2.75) is 69.7 Å². The Hall–Kier alpha value is -7.02. The van der Waals surface area contributed by atoms with Gasteiger partial charge >= 0.3 is 0 Å². The molecule has 5 N–H and O–H groups in total. The fraction of sp³-hybridized carbons (Fsp3) is 0.408. The largest absolute Gasteiger partial charge is 0.384 e. The summed E-state index contributed by atoms with van der Waals surface area (Å²) in [6.07, 6.45) is 10.8. The summed E-state index contributed by atoms with van der Waals surface area (Å²) >= 11 is 1.57. The predicted octanol–water partition coefficient (Wildman–Crippen LogP) is 3.24. The van der Waals surface area contributed by atoms with Crippen LogP contribution in [0.3, 0.4) is 0 Å². The number of H-pyrrole nitrogens is 1. The number of carbonyl (C=O) groups is 8. The quantitative estimate of drug-likeness (QED) is 0.0638. The molecule has 1 unspecified atom stereocenters. The van der Waals surface area contributed by atoms with Crippen molar-refractivity contribution in [2.75, 3.05) is 51.3 Å². The maximum absolute atomic E-state index is 14.0. The zero-order chi connectivity index (χ0) is 48.2. The minimum Gasteiger partial charge on any atom is -0.384 e. The molecule has 8 rings (SSSR count). The van der Waals surface area contributed by atoms with E-state index in [1.807, 2.05) is 30.5 Å². The fourth-order valence-corrected chi connectivity index (χ4v) is 9.55. The third-order valence-corrected chi connectivity index (χ3v) is 13.6. The molecule has 3 aliphatic heterocycles. The van der Waals surface area contributed by atoms with Gasteiger partial charge < -0.3 is 35.7 Å². The molecule has 5 heterocycles. The number of anilines is 1. The van der Waals surface area contributed by atoms with E-state index in [0.717, 1.165) is 69.2 Å². The lowest BCUT2D eigenvalue weighted by molar-refractivity contribution is -0.150. The number of aromatic nitrogens is 2. The molecule has 0 radical (unpaired) electrons. The van der Waals surface area contributed by atoms with Gasteiger partial charge in [-0.25, -0.2) is 0 Å². The summed E-state index contributed by atoms with van der Waals surface area (Å²) < 4.78 is 1.46. The molecule has 1 atom stereocenters. The molecule has 1 saturated heterocycles. The van der Waals surface area contributed by atoms with E-state index in [2.05, 4.69) is 26.3 Å². The second-order valence-corrected chi connectivity index (χ2v) is 18.6. The summed E-state index contributed by atoms with van der Waals surface area (Å²) in [4.78, 5) is 122. The van der Waals surface area contributed by atoms with Crippen LogP contribution in [0.5, 0.6) is 0 Å². The Morgan fingerprint density at radius 2 is 1.57 bits per heavy atom. The van der Waals surface area contributed by atoms with Crippen molar-refractivity contribution in [1.82, 2.24) is 40.2 Å². The first-order valence-corrected chi connectivity index (χ1v) is 24.3. The normalized spacial score (nSPS) is 16.8. The zero-order valence-electron chi connectivity index (χ0n) is 38.3. The third kappa shape index (κ3) is 10.1. The number of carbonyl (C=O) groups excluding carboxylic acids is 8. The number of benzene rings is 2. The smallest absolute Gasteiger partial charge is 0.274 e. The molecule has 356 valence electrons. The summed E-state index contributed by atoms with van der Waals surface area (Å²) in [6, 6.07) is 10.5. The summed E-state index contributed by atoms with van der Waals surface area (Å²) in [6.45, 7) is 1.56. The molecule has 1 saturated carbocycles. The van der Waals surface area contributed by atoms with E-state index >= 15 is 0 Å². The average Bonchev–Trinajstić information content (AvgIpc) is 3.82. The van der Waals surface area contributed by atoms with Crippen molar-refractivity contribution in [1.29, 1.82) is 0 Å². The molecule has 0 bridgehead atoms. The molecule has 19 heteroatoms. The van der Waals surface area contributed by atoms with Gasteiger partial charge in [-0.05, 0) is 91.7 Å². The van der Waals surface area contributed by atoms with Crippen LogP contribution in [-0.4, -0.2) is 124 Å². The number of thioether (sulfide) groups is 1. The van der Waals surface area contributed by atoms with Gasteiger partial charge in [0, 0.05) is 124 Å². The standard InChI is InChI=1S/C49H55N9O9S/c1-55-25-36(34-23-38(54-44(34)49(55)67)46(64)52-19-18-50-40(59)16-20-57-42(61)14-15-43(57)62)33-21-30(27-68-3)32(22-37(33)53-24-28-10-11-28)45(63)51-17-5-4-7-29-8-6-9-31-35(29)26-58(47(31)65)39-12-13-41(60)56(2)48(39)66/h6,8-9,14-15,21-23,25,28,39,53-54H,4-5,7,10-13,16-20,24,26-27H2,1-3H3,(H,50,59)(H,51,63)(H,52,64). The molecule has 1 aliphatic carbocycles. The first-order chi connectivity index (χ1) is 32.7. The van der Waals surface area contributed by atoms with Gasteiger partial charge in [0.1, 0.15) is 17.3 Å². The lowest BCUT2D eigenvalue weighted by Crippen LogP contribution is -2.53. The summed E-state index contributed by atoms with van der Waals surface area (Å²) in [5.41, 5.74) is 6.08. The Morgan fingerprint density at radius 1 is 0.824 bits per heavy atom. The molecule has 2 aromatic carbocycles. The highest BCUT2D eigenvalue weighted by molar-refractivity contribution is 7.97. The summed E-state index contributed by atoms with van der Waals surface area (Å²) in [5, 5.41) is 12.7. The molecule has 2 fully saturated rings. The number of rotatable bonds is 20. The monoisotopic (exact) mass is 945 g/mol. The molecular formula is C49H55N9O9S. The first kappa shape index (κ1) is 47.5. The maximum atomic E-state index is 14.0. The number of likely N-dealkylation sites (tertiary alicyclic amines) is 1. The highest BCUT2D eigenvalue weighted by Gasteiger charge is 2.42. The molecule has 4 aliphatic rings. The minimum atomic E-state index is -0.667. The highest BCUT2D eigenvalue weighted by Crippen LogP contribution is 2.38. The molecule has 18 nitrogen and oxygen atoms in total. The van der Waals surface area contributed by atoms with E-state index in [0.29, 0.717) is 72.6 Å². The second kappa shape index (κ2) is 20.5. The molecular weight excluding hydrogens is 891 g/mol. The van der Waals surface area contributed by atoms with Gasteiger partial charge in [-0.1, -0.05) is 12.1 Å². The number of aryl methyl sites for hydroxylation is 2. The number of nitrogens with one attached hydrogen (secondary N) is 5. The molecule has 8 amide bonds. The first-order valence-electron chi connectivity index (χ1n) is 22.9. The number of likely N-dealkylation sites (N-methyl/N-ethyl adjacent to an activating group) is 1. The number of pyridine rings is 1. The Kier molecular flexibility index (Phi) is 14.3. The Labute approximate surface area is 396 Å². The van der Waals surface area contributed by atoms with Crippen molar-refractivity contribution in [3.8, 4) is 11.1 Å². The van der Waals surface area contributed by atoms with Crippen molar-refractivity contribution in [3.05, 3.63) is 98.6 Å². The molecule has 2 aromatic heterocycles. The van der Waals surface area contributed by atoms with E-state index in [1.54, 1.807) is 42.0 Å². The maximum Gasteiger partial charge on any atom is 0.274 e. The fourth-order valence-electron chi connectivity index (χ4n) is 9.00. The molecule has 4 aromatic rings. The number of nitrogens with zero attached hydrogens (tertiary/aromatic N) is 4. The van der Waals surface area contributed by atoms with E-state index in [4.69, 9.17) is 0 Å². The van der Waals surface area contributed by atoms with Gasteiger partial charge in [-0.2, -0.15) is 11.8 Å². The van der Waals surface area contributed by atoms with Crippen LogP contribution in [0.2, 0.25) is 0 Å². The van der Waals surface area contributed by atoms with Crippen LogP contribution in [0.4, 0.5) is 5.69 Å². The van der Waals surface area contributed by atoms with Crippen LogP contribution in [0.25, 0.3) is 22.0 Å². The number of piperidine rings is 1. The highest BCUT2D eigenvalue weighted by atomic mass is 32.2. The van der Waals surface area contributed by atoms with Crippen LogP contribution in [-0.2, 0) is 49.7 Å². The van der Waals surface area contributed by atoms with Crippen LogP contribution < -0.4 is 26.8 Å². The van der Waals surface area contributed by atoms with Crippen LogP contribution in [0, 0.1) is 5.92 Å². The average molecular weight is 946 g/mol. The zero-order valence-corrected chi connectivity index (χ0v) is 39.1. The van der Waals surface area contributed by atoms with Gasteiger partial charge in [-0.15, -0.1) is 0 Å². The number of amides is 8. The number of imide groups is 2. The van der Waals surface area contributed by atoms with Crippen LogP contribution >= 0.6 is 11.8 Å². The van der Waals surface area contributed by atoms with E-state index in [1.165, 1.54) is 11.6 Å². The van der Waals surface area contributed by atoms with Crippen molar-refractivity contribution in [2.24, 2.45) is 13.0 Å². The van der Waals surface area contributed by atoms with Crippen molar-refractivity contribution < 1.29 is 38.4 Å². The number of aromatic amines is 1. The topological polar surface area (TPSA) is 232 Å². The summed E-state index contributed by atoms with van der Waals surface area (Å²) in [7, 11) is 3.10. The van der Waals surface area contributed by atoms with E-state index in [9.17, 15) is 43.2 Å². The SMILES string of the molecule is CSCc1cc(-c2cn(C)c(=O)c3[nH]c(C(=O)NCCNC(=O)CCN4C(=O)C=CC4=O)cc23)c(NCC2CC2)cc1C(=O)NCCCCc1cccc2c1CN(C1CCC(=O)N(C)C1=O)C2=O. The molecule has 68 heavy (non-hydrogen) atoms. The van der Waals surface area contributed by atoms with Gasteiger partial charge in [-0.3, -0.25) is 53.0 Å². The van der Waals surface area contributed by atoms with E-state index in [-0.39, 0.29) is 78.8 Å². The van der Waals surface area contributed by atoms with Gasteiger partial charge in [0.25, 0.3) is 41.0 Å². The van der Waals surface area contributed by atoms with Gasteiger partial charge in [0.15, 0.2) is 0 Å². The minimum absolute atomic E-state index is 0.0515. The van der Waals surface area contributed by atoms with Gasteiger partial charge in [0.05, 0.1) is 0 Å². The second-order valence-electron chi connectivity index (χ2n) is 17.7. The van der Waals surface area contributed by atoms with Crippen molar-refractivity contribution in [3.63, 3.8) is 0 Å². The number of hydrogen-bond donors (Lipinski definition) is 5. The molecule has 0 spiro atoms. The Morgan fingerprint density at radius 3 is 2.32 bits per heavy atom. The number of hydrogen-bond acceptors (Lipinski definition) is 11. The van der Waals surface area contributed by atoms with Crippen LogP contribution in [0.1, 0.15) is 92.8 Å². The van der Waals surface area contributed by atoms with Crippen LogP contribution in [0.15, 0.2) is 59.5 Å². The summed E-state index contributed by atoms with van der Waals surface area (Å²) in [5.74, 6) is -1.78. The van der Waals surface area contributed by atoms with E-state index < -0.39 is 23.8 Å².